The fourth-order valence-electron chi connectivity index (χ4n) is 2.60. The van der Waals surface area contributed by atoms with Crippen LogP contribution in [0.25, 0.3) is 22.6 Å². The number of ether oxygens (including phenoxy) is 1. The van der Waals surface area contributed by atoms with E-state index in [1.54, 1.807) is 12.1 Å². The SMILES string of the molecule is O=C(OCc1ncc(-c2ccc(F)cc2)o1)c1cn[nH]c1-c1ccccc1. The van der Waals surface area contributed by atoms with Crippen LogP contribution in [0.5, 0.6) is 0 Å². The number of aromatic amines is 1. The van der Waals surface area contributed by atoms with Crippen molar-refractivity contribution >= 4 is 5.97 Å². The number of carbonyl (C=O) groups excluding carboxylic acids is 1. The van der Waals surface area contributed by atoms with E-state index in [9.17, 15) is 9.18 Å². The lowest BCUT2D eigenvalue weighted by molar-refractivity contribution is 0.0440. The fraction of sp³-hybridized carbons (Fsp3) is 0.0500. The Morgan fingerprint density at radius 1 is 1.04 bits per heavy atom. The number of benzene rings is 2. The highest BCUT2D eigenvalue weighted by Crippen LogP contribution is 2.23. The average molecular weight is 363 g/mol. The molecule has 4 rings (SSSR count). The van der Waals surface area contributed by atoms with Gasteiger partial charge in [0, 0.05) is 11.1 Å². The van der Waals surface area contributed by atoms with Gasteiger partial charge in [-0.15, -0.1) is 0 Å². The molecule has 2 aromatic carbocycles. The van der Waals surface area contributed by atoms with E-state index in [0.29, 0.717) is 22.6 Å². The number of aromatic nitrogens is 3. The molecule has 0 radical (unpaired) electrons. The van der Waals surface area contributed by atoms with Crippen LogP contribution in [0, 0.1) is 5.82 Å². The summed E-state index contributed by atoms with van der Waals surface area (Å²) in [5, 5.41) is 6.74. The largest absolute Gasteiger partial charge is 0.452 e. The molecule has 0 saturated carbocycles. The van der Waals surface area contributed by atoms with Gasteiger partial charge in [-0.25, -0.2) is 14.2 Å². The van der Waals surface area contributed by atoms with Crippen LogP contribution < -0.4 is 0 Å². The Bertz CT molecular complexity index is 1060. The van der Waals surface area contributed by atoms with Crippen LogP contribution in [-0.2, 0) is 11.3 Å². The molecule has 6 nitrogen and oxygen atoms in total. The quantitative estimate of drug-likeness (QED) is 0.537. The van der Waals surface area contributed by atoms with Crippen molar-refractivity contribution in [3.63, 3.8) is 0 Å². The summed E-state index contributed by atoms with van der Waals surface area (Å²) in [6, 6.07) is 15.2. The predicted molar refractivity (Wildman–Crippen MR) is 95.0 cm³/mol. The summed E-state index contributed by atoms with van der Waals surface area (Å²) in [5.41, 5.74) is 2.42. The van der Waals surface area contributed by atoms with Crippen molar-refractivity contribution in [2.24, 2.45) is 0 Å². The minimum atomic E-state index is -0.538. The second-order valence-corrected chi connectivity index (χ2v) is 5.73. The van der Waals surface area contributed by atoms with E-state index >= 15 is 0 Å². The maximum atomic E-state index is 13.0. The molecule has 1 N–H and O–H groups in total. The summed E-state index contributed by atoms with van der Waals surface area (Å²) >= 11 is 0. The van der Waals surface area contributed by atoms with Crippen molar-refractivity contribution in [2.75, 3.05) is 0 Å². The van der Waals surface area contributed by atoms with Gasteiger partial charge in [0.2, 0.25) is 5.89 Å². The Balaban J connectivity index is 1.45. The Kier molecular flexibility index (Phi) is 4.49. The van der Waals surface area contributed by atoms with Crippen LogP contribution in [0.3, 0.4) is 0 Å². The Hall–Kier alpha value is -3.74. The number of halogens is 1. The van der Waals surface area contributed by atoms with E-state index in [2.05, 4.69) is 15.2 Å². The minimum Gasteiger partial charge on any atom is -0.452 e. The molecule has 2 aromatic heterocycles. The molecule has 0 unspecified atom stereocenters. The first-order valence-corrected chi connectivity index (χ1v) is 8.17. The molecule has 7 heteroatoms. The number of nitrogens with zero attached hydrogens (tertiary/aromatic N) is 2. The van der Waals surface area contributed by atoms with Gasteiger partial charge in [-0.3, -0.25) is 5.10 Å². The Morgan fingerprint density at radius 3 is 2.59 bits per heavy atom. The van der Waals surface area contributed by atoms with Gasteiger partial charge in [0.1, 0.15) is 11.4 Å². The smallest absolute Gasteiger partial charge is 0.342 e. The highest BCUT2D eigenvalue weighted by molar-refractivity contribution is 5.95. The van der Waals surface area contributed by atoms with Crippen LogP contribution >= 0.6 is 0 Å². The maximum absolute atomic E-state index is 13.0. The Labute approximate surface area is 153 Å². The number of H-pyrrole nitrogens is 1. The lowest BCUT2D eigenvalue weighted by Gasteiger charge is -2.03. The Morgan fingerprint density at radius 2 is 1.81 bits per heavy atom. The second-order valence-electron chi connectivity index (χ2n) is 5.73. The molecule has 27 heavy (non-hydrogen) atoms. The third-order valence-corrected chi connectivity index (χ3v) is 3.93. The third-order valence-electron chi connectivity index (χ3n) is 3.93. The first kappa shape index (κ1) is 16.7. The molecule has 0 bridgehead atoms. The average Bonchev–Trinajstić information content (AvgIpc) is 3.37. The number of carbonyl (C=O) groups is 1. The molecular weight excluding hydrogens is 349 g/mol. The highest BCUT2D eigenvalue weighted by atomic mass is 19.1. The number of nitrogens with one attached hydrogen (secondary N) is 1. The second kappa shape index (κ2) is 7.25. The van der Waals surface area contributed by atoms with Crippen LogP contribution in [0.2, 0.25) is 0 Å². The molecular formula is C20H14FN3O3. The van der Waals surface area contributed by atoms with Crippen molar-refractivity contribution < 1.29 is 18.3 Å². The summed E-state index contributed by atoms with van der Waals surface area (Å²) in [4.78, 5) is 16.5. The number of rotatable bonds is 5. The number of oxazole rings is 1. The van der Waals surface area contributed by atoms with E-state index in [0.717, 1.165) is 5.56 Å². The van der Waals surface area contributed by atoms with Crippen molar-refractivity contribution in [1.29, 1.82) is 0 Å². The molecule has 0 amide bonds. The zero-order valence-electron chi connectivity index (χ0n) is 14.1. The van der Waals surface area contributed by atoms with Gasteiger partial charge in [0.25, 0.3) is 0 Å². The summed E-state index contributed by atoms with van der Waals surface area (Å²) in [6.45, 7) is -0.126. The van der Waals surface area contributed by atoms with Gasteiger partial charge in [-0.05, 0) is 24.3 Å². The van der Waals surface area contributed by atoms with Gasteiger partial charge >= 0.3 is 5.97 Å². The maximum Gasteiger partial charge on any atom is 0.342 e. The van der Waals surface area contributed by atoms with Crippen LogP contribution in [0.4, 0.5) is 4.39 Å². The van der Waals surface area contributed by atoms with Crippen LogP contribution in [0.1, 0.15) is 16.2 Å². The van der Waals surface area contributed by atoms with Gasteiger partial charge < -0.3 is 9.15 Å². The summed E-state index contributed by atoms with van der Waals surface area (Å²) in [6.07, 6.45) is 2.92. The van der Waals surface area contributed by atoms with Crippen LogP contribution in [-0.4, -0.2) is 21.2 Å². The first-order chi connectivity index (χ1) is 13.2. The van der Waals surface area contributed by atoms with E-state index in [1.165, 1.54) is 24.5 Å². The summed E-state index contributed by atoms with van der Waals surface area (Å²) < 4.78 is 23.8. The molecule has 0 atom stereocenters. The normalized spacial score (nSPS) is 10.7. The molecule has 0 spiro atoms. The lowest BCUT2D eigenvalue weighted by Crippen LogP contribution is -2.06. The van der Waals surface area contributed by atoms with Crippen molar-refractivity contribution in [3.8, 4) is 22.6 Å². The fourth-order valence-corrected chi connectivity index (χ4v) is 2.60. The van der Waals surface area contributed by atoms with E-state index in [-0.39, 0.29) is 18.3 Å². The molecule has 0 aliphatic carbocycles. The standard InChI is InChI=1S/C20H14FN3O3/c21-15-8-6-13(7-9-15)17-11-22-18(27-17)12-26-20(25)16-10-23-24-19(16)14-4-2-1-3-5-14/h1-11H,12H2,(H,23,24). The third kappa shape index (κ3) is 3.62. The first-order valence-electron chi connectivity index (χ1n) is 8.17. The zero-order chi connectivity index (χ0) is 18.6. The number of hydrogen-bond donors (Lipinski definition) is 1. The monoisotopic (exact) mass is 363 g/mol. The van der Waals surface area contributed by atoms with Crippen LogP contribution in [0.15, 0.2) is 71.4 Å². The number of esters is 1. The van der Waals surface area contributed by atoms with Crippen molar-refractivity contribution in [1.82, 2.24) is 15.2 Å². The summed E-state index contributed by atoms with van der Waals surface area (Å²) in [5.74, 6) is -0.160. The number of hydrogen-bond acceptors (Lipinski definition) is 5. The molecule has 4 aromatic rings. The van der Waals surface area contributed by atoms with Crippen molar-refractivity contribution in [3.05, 3.63) is 84.3 Å². The molecule has 0 saturated heterocycles. The predicted octanol–water partition coefficient (Wildman–Crippen LogP) is 4.23. The zero-order valence-corrected chi connectivity index (χ0v) is 14.1. The van der Waals surface area contributed by atoms with E-state index in [1.807, 2.05) is 30.3 Å². The molecule has 0 fully saturated rings. The van der Waals surface area contributed by atoms with E-state index < -0.39 is 5.97 Å². The van der Waals surface area contributed by atoms with Gasteiger partial charge in [-0.2, -0.15) is 5.10 Å². The lowest BCUT2D eigenvalue weighted by atomic mass is 10.1. The highest BCUT2D eigenvalue weighted by Gasteiger charge is 2.17. The van der Waals surface area contributed by atoms with Crippen molar-refractivity contribution in [2.45, 2.75) is 6.61 Å². The van der Waals surface area contributed by atoms with E-state index in [4.69, 9.17) is 9.15 Å². The van der Waals surface area contributed by atoms with Gasteiger partial charge in [-0.1, -0.05) is 30.3 Å². The van der Waals surface area contributed by atoms with Gasteiger partial charge in [0.05, 0.1) is 18.1 Å². The topological polar surface area (TPSA) is 81.0 Å². The molecule has 134 valence electrons. The summed E-state index contributed by atoms with van der Waals surface area (Å²) in [7, 11) is 0. The molecule has 0 aliphatic heterocycles. The molecule has 0 aliphatic rings. The minimum absolute atomic E-state index is 0.126. The van der Waals surface area contributed by atoms with Gasteiger partial charge in [0.15, 0.2) is 12.4 Å². The molecule has 2 heterocycles.